The predicted molar refractivity (Wildman–Crippen MR) is 111 cm³/mol. The molecule has 0 spiro atoms. The van der Waals surface area contributed by atoms with E-state index in [2.05, 4.69) is 52.0 Å². The summed E-state index contributed by atoms with van der Waals surface area (Å²) in [6.45, 7) is 4.53. The van der Waals surface area contributed by atoms with Gasteiger partial charge in [0.25, 0.3) is 0 Å². The Labute approximate surface area is 167 Å². The van der Waals surface area contributed by atoms with Gasteiger partial charge in [-0.25, -0.2) is 4.39 Å². The van der Waals surface area contributed by atoms with Gasteiger partial charge in [0, 0.05) is 12.2 Å². The lowest BCUT2D eigenvalue weighted by Gasteiger charge is -2.08. The summed E-state index contributed by atoms with van der Waals surface area (Å²) in [5.41, 5.74) is 3.67. The van der Waals surface area contributed by atoms with Crippen LogP contribution < -0.4 is 10.6 Å². The van der Waals surface area contributed by atoms with Crippen molar-refractivity contribution in [2.24, 2.45) is 0 Å². The fraction of sp³-hybridized carbons (Fsp3) is 0.190. The van der Waals surface area contributed by atoms with Crippen molar-refractivity contribution in [1.29, 1.82) is 0 Å². The number of hydrogen-bond donors (Lipinski definition) is 2. The molecule has 0 aliphatic rings. The van der Waals surface area contributed by atoms with Gasteiger partial charge in [0.15, 0.2) is 0 Å². The molecule has 0 atom stereocenters. The quantitative estimate of drug-likeness (QED) is 0.573. The van der Waals surface area contributed by atoms with E-state index in [1.807, 2.05) is 19.1 Å². The second kappa shape index (κ2) is 9.32. The largest absolute Gasteiger partial charge is 0.365 e. The highest BCUT2D eigenvalue weighted by atomic mass is 32.2. The van der Waals surface area contributed by atoms with E-state index < -0.39 is 0 Å². The molecule has 3 aromatic rings. The number of halogens is 1. The zero-order valence-electron chi connectivity index (χ0n) is 15.7. The average Bonchev–Trinajstić information content (AvgIpc) is 2.69. The average molecular weight is 396 g/mol. The number of benzene rings is 2. The first-order chi connectivity index (χ1) is 13.5. The molecular formula is C21H21FN4OS. The molecule has 0 bridgehead atoms. The molecule has 5 nitrogen and oxygen atoms in total. The first kappa shape index (κ1) is 19.8. The fourth-order valence-electron chi connectivity index (χ4n) is 2.44. The van der Waals surface area contributed by atoms with Crippen LogP contribution in [0, 0.1) is 19.7 Å². The molecule has 28 heavy (non-hydrogen) atoms. The van der Waals surface area contributed by atoms with Crippen molar-refractivity contribution in [1.82, 2.24) is 10.2 Å². The van der Waals surface area contributed by atoms with Crippen molar-refractivity contribution in [2.45, 2.75) is 25.4 Å². The molecule has 0 aliphatic carbocycles. The number of carbonyl (C=O) groups is 1. The maximum atomic E-state index is 13.3. The molecule has 144 valence electrons. The number of aromatic nitrogens is 2. The van der Waals surface area contributed by atoms with Gasteiger partial charge in [-0.05, 0) is 49.2 Å². The highest BCUT2D eigenvalue weighted by Crippen LogP contribution is 2.19. The van der Waals surface area contributed by atoms with Gasteiger partial charge in [0.1, 0.15) is 16.7 Å². The van der Waals surface area contributed by atoms with Crippen LogP contribution in [0.25, 0.3) is 0 Å². The first-order valence-electron chi connectivity index (χ1n) is 8.81. The van der Waals surface area contributed by atoms with Crippen LogP contribution in [0.3, 0.4) is 0 Å². The number of aryl methyl sites for hydroxylation is 2. The molecule has 0 saturated heterocycles. The number of nitrogens with one attached hydrogen (secondary N) is 2. The summed E-state index contributed by atoms with van der Waals surface area (Å²) < 4.78 is 13.3. The van der Waals surface area contributed by atoms with Gasteiger partial charge in [-0.15, -0.1) is 10.2 Å². The van der Waals surface area contributed by atoms with Gasteiger partial charge in [-0.3, -0.25) is 4.79 Å². The van der Waals surface area contributed by atoms with Crippen LogP contribution in [-0.4, -0.2) is 21.9 Å². The number of anilines is 2. The van der Waals surface area contributed by atoms with Crippen molar-refractivity contribution < 1.29 is 9.18 Å². The van der Waals surface area contributed by atoms with Crippen molar-refractivity contribution in [3.63, 3.8) is 0 Å². The molecule has 0 unspecified atom stereocenters. The van der Waals surface area contributed by atoms with Crippen LogP contribution in [0.15, 0.2) is 59.6 Å². The Balaban J connectivity index is 1.48. The Morgan fingerprint density at radius 3 is 2.54 bits per heavy atom. The Morgan fingerprint density at radius 1 is 1.04 bits per heavy atom. The number of carbonyl (C=O) groups excluding carboxylic acids is 1. The zero-order chi connectivity index (χ0) is 19.9. The third-order valence-corrected chi connectivity index (χ3v) is 4.98. The summed E-state index contributed by atoms with van der Waals surface area (Å²) in [6.07, 6.45) is 0. The fourth-order valence-corrected chi connectivity index (χ4v) is 3.06. The molecule has 0 radical (unpaired) electrons. The molecular weight excluding hydrogens is 375 g/mol. The lowest BCUT2D eigenvalue weighted by molar-refractivity contribution is -0.113. The van der Waals surface area contributed by atoms with E-state index in [1.165, 1.54) is 29.5 Å². The van der Waals surface area contributed by atoms with Crippen LogP contribution in [-0.2, 0) is 11.3 Å². The Morgan fingerprint density at radius 2 is 1.82 bits per heavy atom. The monoisotopic (exact) mass is 396 g/mol. The summed E-state index contributed by atoms with van der Waals surface area (Å²) in [6, 6.07) is 16.2. The molecule has 2 aromatic carbocycles. The second-order valence-corrected chi connectivity index (χ2v) is 7.39. The number of nitrogens with zero attached hydrogens (tertiary/aromatic N) is 2. The Kier molecular flexibility index (Phi) is 6.60. The van der Waals surface area contributed by atoms with Crippen molar-refractivity contribution in [3.8, 4) is 0 Å². The minimum atomic E-state index is -0.381. The topological polar surface area (TPSA) is 66.9 Å². The van der Waals surface area contributed by atoms with Crippen LogP contribution in [0.1, 0.15) is 16.7 Å². The van der Waals surface area contributed by atoms with Gasteiger partial charge in [0.05, 0.1) is 5.75 Å². The van der Waals surface area contributed by atoms with Gasteiger partial charge in [0.2, 0.25) is 5.91 Å². The standard InChI is InChI=1S/C21H21FN4OS/c1-14-3-6-16(7-4-14)12-23-19-9-10-21(26-25-19)28-13-20(27)24-18-11-17(22)8-5-15(18)2/h3-11H,12-13H2,1-2H3,(H,23,25)(H,24,27). The van der Waals surface area contributed by atoms with Gasteiger partial charge in [-0.1, -0.05) is 47.7 Å². The van der Waals surface area contributed by atoms with Crippen LogP contribution in [0.2, 0.25) is 0 Å². The second-order valence-electron chi connectivity index (χ2n) is 6.39. The molecule has 2 N–H and O–H groups in total. The summed E-state index contributed by atoms with van der Waals surface area (Å²) in [4.78, 5) is 12.1. The number of rotatable bonds is 7. The zero-order valence-corrected chi connectivity index (χ0v) is 16.5. The molecule has 7 heteroatoms. The minimum absolute atomic E-state index is 0.167. The van der Waals surface area contributed by atoms with Crippen LogP contribution >= 0.6 is 11.8 Å². The molecule has 0 saturated carbocycles. The van der Waals surface area contributed by atoms with E-state index in [9.17, 15) is 9.18 Å². The Bertz CT molecular complexity index is 946. The van der Waals surface area contributed by atoms with Crippen molar-refractivity contribution in [2.75, 3.05) is 16.4 Å². The van der Waals surface area contributed by atoms with E-state index in [0.29, 0.717) is 23.1 Å². The lowest BCUT2D eigenvalue weighted by Crippen LogP contribution is -2.15. The summed E-state index contributed by atoms with van der Waals surface area (Å²) >= 11 is 1.28. The third-order valence-electron chi connectivity index (χ3n) is 4.06. The van der Waals surface area contributed by atoms with E-state index in [-0.39, 0.29) is 17.5 Å². The lowest BCUT2D eigenvalue weighted by atomic mass is 10.1. The Hall–Kier alpha value is -2.93. The SMILES string of the molecule is Cc1ccc(CNc2ccc(SCC(=O)Nc3cc(F)ccc3C)nn2)cc1. The molecule has 1 amide bonds. The van der Waals surface area contributed by atoms with Crippen LogP contribution in [0.5, 0.6) is 0 Å². The highest BCUT2D eigenvalue weighted by molar-refractivity contribution is 7.99. The summed E-state index contributed by atoms with van der Waals surface area (Å²) in [5.74, 6) is 0.237. The number of hydrogen-bond acceptors (Lipinski definition) is 5. The predicted octanol–water partition coefficient (Wildman–Crippen LogP) is 4.58. The smallest absolute Gasteiger partial charge is 0.234 e. The third kappa shape index (κ3) is 5.79. The van der Waals surface area contributed by atoms with E-state index >= 15 is 0 Å². The number of thioether (sulfide) groups is 1. The summed E-state index contributed by atoms with van der Waals surface area (Å²) in [5, 5.41) is 14.8. The summed E-state index contributed by atoms with van der Waals surface area (Å²) in [7, 11) is 0. The number of amides is 1. The minimum Gasteiger partial charge on any atom is -0.365 e. The van der Waals surface area contributed by atoms with E-state index in [1.54, 1.807) is 6.07 Å². The van der Waals surface area contributed by atoms with Gasteiger partial charge >= 0.3 is 0 Å². The molecule has 1 heterocycles. The maximum absolute atomic E-state index is 13.3. The molecule has 0 aliphatic heterocycles. The molecule has 1 aromatic heterocycles. The normalized spacial score (nSPS) is 10.5. The van der Waals surface area contributed by atoms with E-state index in [4.69, 9.17) is 0 Å². The molecule has 0 fully saturated rings. The van der Waals surface area contributed by atoms with Gasteiger partial charge < -0.3 is 10.6 Å². The van der Waals surface area contributed by atoms with Crippen molar-refractivity contribution in [3.05, 3.63) is 77.1 Å². The van der Waals surface area contributed by atoms with Gasteiger partial charge in [-0.2, -0.15) is 0 Å². The maximum Gasteiger partial charge on any atom is 0.234 e. The highest BCUT2D eigenvalue weighted by Gasteiger charge is 2.08. The van der Waals surface area contributed by atoms with Crippen LogP contribution in [0.4, 0.5) is 15.9 Å². The van der Waals surface area contributed by atoms with E-state index in [0.717, 1.165) is 11.1 Å². The molecule has 3 rings (SSSR count). The van der Waals surface area contributed by atoms with Crippen molar-refractivity contribution >= 4 is 29.2 Å². The first-order valence-corrected chi connectivity index (χ1v) is 9.80.